The minimum Gasteiger partial charge on any atom is -0.384 e. The van der Waals surface area contributed by atoms with Crippen LogP contribution in [-0.2, 0) is 10.3 Å². The summed E-state index contributed by atoms with van der Waals surface area (Å²) in [7, 11) is 4.21. The first-order valence-corrected chi connectivity index (χ1v) is 16.1. The van der Waals surface area contributed by atoms with Gasteiger partial charge in [-0.1, -0.05) is 82.7 Å². The Morgan fingerprint density at radius 1 is 0.860 bits per heavy atom. The average molecular weight is 639 g/mol. The fourth-order valence-corrected chi connectivity index (χ4v) is 6.87. The summed E-state index contributed by atoms with van der Waals surface area (Å²) in [5.41, 5.74) is 2.83. The number of aromatic nitrogens is 1. The molecule has 6 rings (SSSR count). The van der Waals surface area contributed by atoms with Crippen LogP contribution in [0.5, 0.6) is 0 Å². The molecule has 5 nitrogen and oxygen atoms in total. The quantitative estimate of drug-likeness (QED) is 0.159. The topological polar surface area (TPSA) is 48.8 Å². The second kappa shape index (κ2) is 13.1. The number of hydrogen-bond donors (Lipinski definition) is 1. The maximum Gasteiger partial charge on any atom is 0.133 e. The summed E-state index contributed by atoms with van der Waals surface area (Å²) in [6.07, 6.45) is 2.52. The number of pyridine rings is 1. The number of ether oxygens (including phenoxy) is 1. The lowest BCUT2D eigenvalue weighted by Gasteiger charge is -2.40. The van der Waals surface area contributed by atoms with Gasteiger partial charge < -0.3 is 19.6 Å². The molecule has 2 heterocycles. The zero-order valence-corrected chi connectivity index (χ0v) is 26.6. The van der Waals surface area contributed by atoms with Gasteiger partial charge >= 0.3 is 0 Å². The van der Waals surface area contributed by atoms with Crippen molar-refractivity contribution in [2.45, 2.75) is 30.8 Å². The van der Waals surface area contributed by atoms with Crippen LogP contribution in [0, 0.1) is 0 Å². The molecule has 4 aromatic carbocycles. The fourth-order valence-electron chi connectivity index (χ4n) is 6.49. The minimum atomic E-state index is -1.18. The van der Waals surface area contributed by atoms with Crippen molar-refractivity contribution in [2.24, 2.45) is 0 Å². The Morgan fingerprint density at radius 3 is 2.37 bits per heavy atom. The van der Waals surface area contributed by atoms with Gasteiger partial charge in [-0.2, -0.15) is 0 Å². The second-order valence-electron chi connectivity index (χ2n) is 11.9. The normalized spacial score (nSPS) is 16.1. The highest BCUT2D eigenvalue weighted by molar-refractivity contribution is 9.10. The molecule has 0 radical (unpaired) electrons. The van der Waals surface area contributed by atoms with Gasteiger partial charge in [0.05, 0.1) is 18.7 Å². The highest BCUT2D eigenvalue weighted by Crippen LogP contribution is 2.48. The van der Waals surface area contributed by atoms with Crippen LogP contribution in [0.3, 0.4) is 0 Å². The summed E-state index contributed by atoms with van der Waals surface area (Å²) in [4.78, 5) is 9.84. The third kappa shape index (κ3) is 6.48. The van der Waals surface area contributed by atoms with E-state index in [-0.39, 0.29) is 5.92 Å². The molecule has 1 aliphatic heterocycles. The maximum atomic E-state index is 13.3. The number of fused-ring (bicyclic) bond motifs is 2. The Balaban J connectivity index is 1.59. The molecule has 1 N–H and O–H groups in total. The van der Waals surface area contributed by atoms with Crippen LogP contribution in [0.1, 0.15) is 41.9 Å². The van der Waals surface area contributed by atoms with Crippen LogP contribution >= 0.6 is 15.9 Å². The third-order valence-corrected chi connectivity index (χ3v) is 9.17. The van der Waals surface area contributed by atoms with Crippen molar-refractivity contribution in [3.05, 3.63) is 118 Å². The zero-order chi connectivity index (χ0) is 29.8. The van der Waals surface area contributed by atoms with E-state index in [1.165, 1.54) is 5.39 Å². The SMILES string of the molecule is CN(C)CCCCC(O)(c1ccc2ccccc2c1)C(c1ccccc1)c1cc2cc(Br)ccc2nc1N1CCOCC1. The van der Waals surface area contributed by atoms with Crippen molar-refractivity contribution in [1.29, 1.82) is 0 Å². The van der Waals surface area contributed by atoms with Crippen molar-refractivity contribution in [3.8, 4) is 0 Å². The number of aliphatic hydroxyl groups is 1. The van der Waals surface area contributed by atoms with Gasteiger partial charge in [-0.25, -0.2) is 4.98 Å². The highest BCUT2D eigenvalue weighted by Gasteiger charge is 2.42. The first kappa shape index (κ1) is 29.8. The number of rotatable bonds is 10. The summed E-state index contributed by atoms with van der Waals surface area (Å²) in [5.74, 6) is 0.586. The molecule has 1 aliphatic rings. The number of benzene rings is 4. The molecule has 0 aliphatic carbocycles. The summed E-state index contributed by atoms with van der Waals surface area (Å²) in [6, 6.07) is 33.9. The molecule has 1 aromatic heterocycles. The Kier molecular flexibility index (Phi) is 9.10. The van der Waals surface area contributed by atoms with Gasteiger partial charge in [0.15, 0.2) is 0 Å². The lowest BCUT2D eigenvalue weighted by atomic mass is 9.70. The second-order valence-corrected chi connectivity index (χ2v) is 12.8. The van der Waals surface area contributed by atoms with E-state index in [1.807, 2.05) is 12.1 Å². The van der Waals surface area contributed by atoms with Gasteiger partial charge in [-0.15, -0.1) is 0 Å². The first-order chi connectivity index (χ1) is 20.9. The summed E-state index contributed by atoms with van der Waals surface area (Å²) in [5, 5.41) is 16.7. The third-order valence-electron chi connectivity index (χ3n) is 8.68. The van der Waals surface area contributed by atoms with Gasteiger partial charge in [-0.05, 0) is 92.1 Å². The fraction of sp³-hybridized carbons (Fsp3) is 0.324. The van der Waals surface area contributed by atoms with Crippen LogP contribution in [0.4, 0.5) is 5.82 Å². The molecule has 5 aromatic rings. The first-order valence-electron chi connectivity index (χ1n) is 15.3. The zero-order valence-electron chi connectivity index (χ0n) is 25.0. The maximum absolute atomic E-state index is 13.3. The van der Waals surface area contributed by atoms with E-state index in [2.05, 4.69) is 125 Å². The van der Waals surface area contributed by atoms with E-state index in [0.29, 0.717) is 19.6 Å². The molecule has 0 bridgehead atoms. The van der Waals surface area contributed by atoms with Crippen molar-refractivity contribution in [2.75, 3.05) is 51.8 Å². The molecule has 0 spiro atoms. The molecule has 1 saturated heterocycles. The predicted octanol–water partition coefficient (Wildman–Crippen LogP) is 7.74. The molecule has 0 saturated carbocycles. The number of halogens is 1. The number of morpholine rings is 1. The summed E-state index contributed by atoms with van der Waals surface area (Å²) in [6.45, 7) is 3.83. The van der Waals surface area contributed by atoms with Crippen LogP contribution in [0.15, 0.2) is 102 Å². The van der Waals surface area contributed by atoms with Crippen molar-refractivity contribution >= 4 is 43.4 Å². The molecule has 1 fully saturated rings. The Morgan fingerprint density at radius 2 is 1.60 bits per heavy atom. The van der Waals surface area contributed by atoms with E-state index in [9.17, 15) is 5.11 Å². The lowest BCUT2D eigenvalue weighted by Crippen LogP contribution is -2.40. The molecular weight excluding hydrogens is 598 g/mol. The van der Waals surface area contributed by atoms with Crippen LogP contribution in [-0.4, -0.2) is 61.9 Å². The van der Waals surface area contributed by atoms with Gasteiger partial charge in [0.2, 0.25) is 0 Å². The largest absolute Gasteiger partial charge is 0.384 e. The standard InChI is InChI=1S/C37H40BrN3O2/c1-40(2)19-9-8-18-37(42,31-15-14-27-10-6-7-13-29(27)24-31)35(28-11-4-3-5-12-28)33-26-30-25-32(38)16-17-34(30)39-36(33)41-20-22-43-23-21-41/h3-7,10-17,24-26,35,42H,8-9,18-23H2,1-2H3. The van der Waals surface area contributed by atoms with E-state index in [0.717, 1.165) is 75.7 Å². The van der Waals surface area contributed by atoms with E-state index >= 15 is 0 Å². The molecule has 222 valence electrons. The number of unbranched alkanes of at least 4 members (excludes halogenated alkanes) is 1. The lowest BCUT2D eigenvalue weighted by molar-refractivity contribution is 0.00761. The molecular formula is C37H40BrN3O2. The monoisotopic (exact) mass is 637 g/mol. The summed E-state index contributed by atoms with van der Waals surface area (Å²) >= 11 is 3.68. The Labute approximate surface area is 263 Å². The summed E-state index contributed by atoms with van der Waals surface area (Å²) < 4.78 is 6.75. The van der Waals surface area contributed by atoms with Crippen LogP contribution < -0.4 is 4.90 Å². The van der Waals surface area contributed by atoms with E-state index in [1.54, 1.807) is 0 Å². The van der Waals surface area contributed by atoms with Crippen molar-refractivity contribution < 1.29 is 9.84 Å². The Hall–Kier alpha value is -3.29. The number of anilines is 1. The van der Waals surface area contributed by atoms with Gasteiger partial charge in [-0.3, -0.25) is 0 Å². The molecule has 2 unspecified atom stereocenters. The van der Waals surface area contributed by atoms with Crippen LogP contribution in [0.2, 0.25) is 0 Å². The van der Waals surface area contributed by atoms with Gasteiger partial charge in [0.1, 0.15) is 11.4 Å². The van der Waals surface area contributed by atoms with Crippen LogP contribution in [0.25, 0.3) is 21.7 Å². The number of nitrogens with zero attached hydrogens (tertiary/aromatic N) is 3. The minimum absolute atomic E-state index is 0.344. The van der Waals surface area contributed by atoms with Gasteiger partial charge in [0.25, 0.3) is 0 Å². The molecule has 6 heteroatoms. The van der Waals surface area contributed by atoms with Crippen molar-refractivity contribution in [3.63, 3.8) is 0 Å². The van der Waals surface area contributed by atoms with E-state index in [4.69, 9.17) is 9.72 Å². The van der Waals surface area contributed by atoms with E-state index < -0.39 is 5.60 Å². The smallest absolute Gasteiger partial charge is 0.133 e. The van der Waals surface area contributed by atoms with Crippen molar-refractivity contribution in [1.82, 2.24) is 9.88 Å². The van der Waals surface area contributed by atoms with Gasteiger partial charge in [0, 0.05) is 34.4 Å². The average Bonchev–Trinajstić information content (AvgIpc) is 3.03. The number of hydrogen-bond acceptors (Lipinski definition) is 5. The molecule has 43 heavy (non-hydrogen) atoms. The molecule has 2 atom stereocenters. The molecule has 0 amide bonds. The highest BCUT2D eigenvalue weighted by atomic mass is 79.9. The predicted molar refractivity (Wildman–Crippen MR) is 181 cm³/mol. The Bertz CT molecular complexity index is 1690.